The first-order chi connectivity index (χ1) is 18.5. The zero-order valence-corrected chi connectivity index (χ0v) is 22.0. The summed E-state index contributed by atoms with van der Waals surface area (Å²) in [6.45, 7) is 0. The summed E-state index contributed by atoms with van der Waals surface area (Å²) < 4.78 is 1.39. The molecule has 0 saturated heterocycles. The molecule has 1 aromatic carbocycles. The molecular weight excluding hydrogens is 524 g/mol. The number of thioether (sulfide) groups is 1. The molecule has 1 unspecified atom stereocenters. The lowest BCUT2D eigenvalue weighted by Crippen LogP contribution is -2.43. The third-order valence-electron chi connectivity index (χ3n) is 6.92. The highest BCUT2D eigenvalue weighted by Crippen LogP contribution is 2.34. The molecule has 1 N–H and O–H groups in total. The molecule has 1 aliphatic carbocycles. The summed E-state index contributed by atoms with van der Waals surface area (Å²) in [6, 6.07) is 11.7. The smallest absolute Gasteiger partial charge is 0.259 e. The van der Waals surface area contributed by atoms with Gasteiger partial charge in [-0.2, -0.15) is 0 Å². The topological polar surface area (TPSA) is 108 Å². The standard InChI is InChI=1S/C27H25ClN6O3S/c28-16-10-11-22-29-18(12-24(36)33(22)14-16)15-38-27-32-20-9-5-4-8-19(20)25-31-21(26(37)34(25)27)13-23(35)30-17-6-2-1-3-7-17/h4-5,8-12,14,17,21H,1-3,6-7,13,15H2,(H,30,35). The lowest BCUT2D eigenvalue weighted by atomic mass is 9.95. The van der Waals surface area contributed by atoms with Crippen molar-refractivity contribution in [3.8, 4) is 0 Å². The molecule has 38 heavy (non-hydrogen) atoms. The lowest BCUT2D eigenvalue weighted by Gasteiger charge is -2.25. The molecule has 1 saturated carbocycles. The van der Waals surface area contributed by atoms with Crippen molar-refractivity contribution in [1.29, 1.82) is 0 Å². The average molecular weight is 549 g/mol. The van der Waals surface area contributed by atoms with Crippen LogP contribution in [0.15, 0.2) is 63.4 Å². The number of pyridine rings is 1. The van der Waals surface area contributed by atoms with Gasteiger partial charge in [0.2, 0.25) is 5.91 Å². The number of aromatic nitrogens is 2. The Balaban J connectivity index is 1.23. The summed E-state index contributed by atoms with van der Waals surface area (Å²) in [4.78, 5) is 54.4. The summed E-state index contributed by atoms with van der Waals surface area (Å²) in [6.07, 6.45) is 6.92. The molecular formula is C27H25ClN6O3S. The number of nitrogens with one attached hydrogen (secondary N) is 1. The number of amidine groups is 2. The first kappa shape index (κ1) is 24.8. The number of carbonyl (C=O) groups excluding carboxylic acids is 2. The number of benzene rings is 1. The number of nitrogens with zero attached hydrogens (tertiary/aromatic N) is 5. The summed E-state index contributed by atoms with van der Waals surface area (Å²) in [5.41, 5.74) is 2.24. The van der Waals surface area contributed by atoms with E-state index >= 15 is 0 Å². The van der Waals surface area contributed by atoms with Crippen LogP contribution in [0.1, 0.15) is 49.8 Å². The van der Waals surface area contributed by atoms with Crippen LogP contribution in [0.2, 0.25) is 5.02 Å². The minimum Gasteiger partial charge on any atom is -0.353 e. The van der Waals surface area contributed by atoms with Crippen LogP contribution in [0.25, 0.3) is 5.65 Å². The van der Waals surface area contributed by atoms with Gasteiger partial charge in [0, 0.05) is 29.6 Å². The van der Waals surface area contributed by atoms with Crippen LogP contribution in [-0.4, -0.2) is 49.2 Å². The van der Waals surface area contributed by atoms with E-state index in [1.807, 2.05) is 24.3 Å². The number of amides is 2. The van der Waals surface area contributed by atoms with Crippen LogP contribution in [0.5, 0.6) is 0 Å². The molecule has 2 aromatic heterocycles. The largest absolute Gasteiger partial charge is 0.353 e. The van der Waals surface area contributed by atoms with Crippen molar-refractivity contribution in [3.63, 3.8) is 0 Å². The second-order valence-corrected chi connectivity index (χ2v) is 11.0. The van der Waals surface area contributed by atoms with E-state index in [4.69, 9.17) is 21.6 Å². The average Bonchev–Trinajstić information content (AvgIpc) is 3.24. The first-order valence-electron chi connectivity index (χ1n) is 12.7. The number of aliphatic imine (C=N–C) groups is 2. The predicted octanol–water partition coefficient (Wildman–Crippen LogP) is 4.08. The van der Waals surface area contributed by atoms with E-state index in [9.17, 15) is 14.4 Å². The highest BCUT2D eigenvalue weighted by molar-refractivity contribution is 8.13. The fourth-order valence-corrected chi connectivity index (χ4v) is 6.13. The summed E-state index contributed by atoms with van der Waals surface area (Å²) in [5, 5.41) is 3.98. The molecule has 9 nitrogen and oxygen atoms in total. The Bertz CT molecular complexity index is 1560. The molecule has 0 spiro atoms. The monoisotopic (exact) mass is 548 g/mol. The Morgan fingerprint density at radius 3 is 2.76 bits per heavy atom. The maximum atomic E-state index is 13.5. The quantitative estimate of drug-likeness (QED) is 0.517. The molecule has 3 aliphatic rings. The molecule has 2 aliphatic heterocycles. The van der Waals surface area contributed by atoms with E-state index in [1.54, 1.807) is 12.1 Å². The van der Waals surface area contributed by atoms with Crippen LogP contribution in [0.3, 0.4) is 0 Å². The lowest BCUT2D eigenvalue weighted by molar-refractivity contribution is -0.129. The fraction of sp³-hybridized carbons (Fsp3) is 0.333. The minimum absolute atomic E-state index is 0.000994. The number of carbonyl (C=O) groups is 2. The Kier molecular flexibility index (Phi) is 6.75. The van der Waals surface area contributed by atoms with Gasteiger partial charge in [0.1, 0.15) is 17.5 Å². The van der Waals surface area contributed by atoms with E-state index in [2.05, 4.69) is 10.3 Å². The van der Waals surface area contributed by atoms with Gasteiger partial charge in [-0.15, -0.1) is 0 Å². The third-order valence-corrected chi connectivity index (χ3v) is 8.12. The van der Waals surface area contributed by atoms with E-state index in [-0.39, 0.29) is 29.8 Å². The number of halogens is 1. The molecule has 0 radical (unpaired) electrons. The highest BCUT2D eigenvalue weighted by Gasteiger charge is 2.42. The molecule has 1 atom stereocenters. The highest BCUT2D eigenvalue weighted by atomic mass is 35.5. The molecule has 0 bridgehead atoms. The third kappa shape index (κ3) is 4.86. The van der Waals surface area contributed by atoms with Gasteiger partial charge in [-0.3, -0.25) is 23.8 Å². The van der Waals surface area contributed by atoms with E-state index in [1.165, 1.54) is 39.7 Å². The van der Waals surface area contributed by atoms with Gasteiger partial charge in [-0.05, 0) is 37.1 Å². The van der Waals surface area contributed by atoms with Gasteiger partial charge in [-0.1, -0.05) is 54.8 Å². The number of para-hydroxylation sites is 1. The molecule has 11 heteroatoms. The van der Waals surface area contributed by atoms with E-state index in [0.717, 1.165) is 31.2 Å². The maximum Gasteiger partial charge on any atom is 0.259 e. The van der Waals surface area contributed by atoms with Crippen molar-refractivity contribution in [2.24, 2.45) is 9.98 Å². The predicted molar refractivity (Wildman–Crippen MR) is 148 cm³/mol. The van der Waals surface area contributed by atoms with Crippen molar-refractivity contribution in [2.45, 2.75) is 56.4 Å². The van der Waals surface area contributed by atoms with Gasteiger partial charge in [0.25, 0.3) is 11.5 Å². The molecule has 4 heterocycles. The fourth-order valence-electron chi connectivity index (χ4n) is 5.08. The molecule has 194 valence electrons. The summed E-state index contributed by atoms with van der Waals surface area (Å²) in [7, 11) is 0. The Morgan fingerprint density at radius 1 is 1.11 bits per heavy atom. The van der Waals surface area contributed by atoms with Crippen molar-refractivity contribution in [3.05, 3.63) is 75.3 Å². The van der Waals surface area contributed by atoms with Crippen molar-refractivity contribution >= 4 is 57.5 Å². The minimum atomic E-state index is -0.807. The Labute approximate surface area is 228 Å². The second kappa shape index (κ2) is 10.3. The van der Waals surface area contributed by atoms with Gasteiger partial charge in [0.15, 0.2) is 5.17 Å². The molecule has 1 fully saturated rings. The molecule has 2 amide bonds. The van der Waals surface area contributed by atoms with E-state index < -0.39 is 6.04 Å². The Hall–Kier alpha value is -3.50. The van der Waals surface area contributed by atoms with Crippen LogP contribution in [0.4, 0.5) is 5.69 Å². The van der Waals surface area contributed by atoms with Gasteiger partial charge >= 0.3 is 0 Å². The zero-order chi connectivity index (χ0) is 26.2. The first-order valence-corrected chi connectivity index (χ1v) is 14.0. The van der Waals surface area contributed by atoms with Crippen molar-refractivity contribution in [2.75, 3.05) is 0 Å². The number of rotatable bonds is 5. The SMILES string of the molecule is O=C(CC1N=C2c3ccccc3N=C(SCc3cc(=O)n4cc(Cl)ccc4n3)N2C1=O)NC1CCCCC1. The van der Waals surface area contributed by atoms with Crippen molar-refractivity contribution in [1.82, 2.24) is 19.6 Å². The van der Waals surface area contributed by atoms with Gasteiger partial charge < -0.3 is 5.32 Å². The van der Waals surface area contributed by atoms with E-state index in [0.29, 0.717) is 38.8 Å². The van der Waals surface area contributed by atoms with Crippen LogP contribution < -0.4 is 10.9 Å². The number of fused-ring (bicyclic) bond motifs is 4. The van der Waals surface area contributed by atoms with Gasteiger partial charge in [-0.25, -0.2) is 14.9 Å². The summed E-state index contributed by atoms with van der Waals surface area (Å²) >= 11 is 7.31. The van der Waals surface area contributed by atoms with Crippen LogP contribution in [-0.2, 0) is 15.3 Å². The maximum absolute atomic E-state index is 13.5. The number of hydrogen-bond donors (Lipinski definition) is 1. The molecule has 6 rings (SSSR count). The van der Waals surface area contributed by atoms with Crippen LogP contribution in [0, 0.1) is 0 Å². The van der Waals surface area contributed by atoms with Crippen LogP contribution >= 0.6 is 23.4 Å². The van der Waals surface area contributed by atoms with Gasteiger partial charge in [0.05, 0.1) is 22.8 Å². The normalized spacial score (nSPS) is 19.1. The van der Waals surface area contributed by atoms with Crippen molar-refractivity contribution < 1.29 is 9.59 Å². The number of hydrogen-bond acceptors (Lipinski definition) is 7. The molecule has 3 aromatic rings. The Morgan fingerprint density at radius 2 is 1.92 bits per heavy atom. The second-order valence-electron chi connectivity index (χ2n) is 9.61. The zero-order valence-electron chi connectivity index (χ0n) is 20.5. The summed E-state index contributed by atoms with van der Waals surface area (Å²) in [5.74, 6) is 0.388.